The summed E-state index contributed by atoms with van der Waals surface area (Å²) in [5, 5.41) is 8.95. The summed E-state index contributed by atoms with van der Waals surface area (Å²) in [6.45, 7) is 0. The van der Waals surface area contributed by atoms with Gasteiger partial charge in [-0.2, -0.15) is 0 Å². The van der Waals surface area contributed by atoms with Crippen LogP contribution in [0.5, 0.6) is 11.5 Å². The fraction of sp³-hybridized carbons (Fsp3) is 0.0714. The van der Waals surface area contributed by atoms with Gasteiger partial charge in [0.25, 0.3) is 0 Å². The van der Waals surface area contributed by atoms with Crippen molar-refractivity contribution in [3.63, 3.8) is 0 Å². The molecule has 2 rings (SSSR count). The van der Waals surface area contributed by atoms with E-state index in [0.29, 0.717) is 16.0 Å². The molecule has 0 radical (unpaired) electrons. The van der Waals surface area contributed by atoms with Gasteiger partial charge in [-0.1, -0.05) is 0 Å². The zero-order valence-corrected chi connectivity index (χ0v) is 13.3. The number of ether oxygens (including phenoxy) is 1. The van der Waals surface area contributed by atoms with Crippen LogP contribution in [0.1, 0.15) is 10.4 Å². The summed E-state index contributed by atoms with van der Waals surface area (Å²) in [6, 6.07) is 10.3. The van der Waals surface area contributed by atoms with Crippen LogP contribution in [0.15, 0.2) is 51.8 Å². The van der Waals surface area contributed by atoms with Gasteiger partial charge in [0, 0.05) is 6.26 Å². The number of carbonyl (C=O) groups is 1. The van der Waals surface area contributed by atoms with E-state index in [0.717, 1.165) is 6.26 Å². The number of hydrogen-bond acceptors (Lipinski definition) is 4. The molecule has 21 heavy (non-hydrogen) atoms. The smallest absolute Gasteiger partial charge is 0.335 e. The zero-order chi connectivity index (χ0) is 15.6. The van der Waals surface area contributed by atoms with Gasteiger partial charge in [0.2, 0.25) is 0 Å². The Hall–Kier alpha value is -1.86. The highest BCUT2D eigenvalue weighted by Gasteiger charge is 2.10. The number of hydrogen-bond donors (Lipinski definition) is 1. The van der Waals surface area contributed by atoms with Crippen molar-refractivity contribution in [2.24, 2.45) is 0 Å². The van der Waals surface area contributed by atoms with Gasteiger partial charge in [0.1, 0.15) is 11.5 Å². The molecule has 0 unspecified atom stereocenters. The van der Waals surface area contributed by atoms with E-state index in [1.165, 1.54) is 36.4 Å². The molecule has 0 atom stereocenters. The largest absolute Gasteiger partial charge is 0.478 e. The normalized spacial score (nSPS) is 11.1. The minimum atomic E-state index is -3.26. The number of carboxylic acid groups (broad SMARTS) is 1. The topological polar surface area (TPSA) is 80.7 Å². The molecule has 110 valence electrons. The Morgan fingerprint density at radius 2 is 1.76 bits per heavy atom. The summed E-state index contributed by atoms with van der Waals surface area (Å²) in [5.74, 6) is -0.313. The Morgan fingerprint density at radius 1 is 1.14 bits per heavy atom. The molecule has 0 aliphatic rings. The molecular formula is C14H11BrO5S. The van der Waals surface area contributed by atoms with E-state index in [1.54, 1.807) is 6.07 Å². The summed E-state index contributed by atoms with van der Waals surface area (Å²) in [6.07, 6.45) is 1.12. The van der Waals surface area contributed by atoms with Gasteiger partial charge in [-0.25, -0.2) is 13.2 Å². The van der Waals surface area contributed by atoms with E-state index in [4.69, 9.17) is 9.84 Å². The molecule has 1 N–H and O–H groups in total. The highest BCUT2D eigenvalue weighted by Crippen LogP contribution is 2.31. The lowest BCUT2D eigenvalue weighted by molar-refractivity contribution is 0.0696. The van der Waals surface area contributed by atoms with Crippen molar-refractivity contribution in [1.82, 2.24) is 0 Å². The fourth-order valence-electron chi connectivity index (χ4n) is 1.60. The van der Waals surface area contributed by atoms with Gasteiger partial charge >= 0.3 is 5.97 Å². The average molecular weight is 371 g/mol. The monoisotopic (exact) mass is 370 g/mol. The summed E-state index contributed by atoms with van der Waals surface area (Å²) in [7, 11) is -3.26. The van der Waals surface area contributed by atoms with E-state index in [9.17, 15) is 13.2 Å². The second kappa shape index (κ2) is 5.87. The van der Waals surface area contributed by atoms with E-state index in [2.05, 4.69) is 15.9 Å². The molecule has 0 bridgehead atoms. The molecule has 0 saturated heterocycles. The molecule has 7 heteroatoms. The zero-order valence-electron chi connectivity index (χ0n) is 10.9. The summed E-state index contributed by atoms with van der Waals surface area (Å²) >= 11 is 3.27. The lowest BCUT2D eigenvalue weighted by atomic mass is 10.2. The molecule has 0 aromatic heterocycles. The van der Waals surface area contributed by atoms with Crippen molar-refractivity contribution < 1.29 is 23.1 Å². The Kier molecular flexibility index (Phi) is 4.34. The molecular weight excluding hydrogens is 360 g/mol. The number of halogens is 1. The second-order valence-corrected chi connectivity index (χ2v) is 7.17. The van der Waals surface area contributed by atoms with Gasteiger partial charge in [-0.3, -0.25) is 0 Å². The fourth-order valence-corrected chi connectivity index (χ4v) is 2.55. The van der Waals surface area contributed by atoms with Crippen LogP contribution in [-0.2, 0) is 9.84 Å². The van der Waals surface area contributed by atoms with Crippen molar-refractivity contribution >= 4 is 31.7 Å². The summed E-state index contributed by atoms with van der Waals surface area (Å²) in [4.78, 5) is 11.1. The quantitative estimate of drug-likeness (QED) is 0.892. The minimum Gasteiger partial charge on any atom is -0.478 e. The molecule has 0 aliphatic carbocycles. The molecule has 0 aliphatic heterocycles. The molecule has 5 nitrogen and oxygen atoms in total. The third-order valence-corrected chi connectivity index (χ3v) is 4.44. The van der Waals surface area contributed by atoms with Crippen LogP contribution in [0.4, 0.5) is 0 Å². The van der Waals surface area contributed by atoms with Crippen LogP contribution in [0.25, 0.3) is 0 Å². The number of aromatic carboxylic acids is 1. The van der Waals surface area contributed by atoms with Crippen molar-refractivity contribution in [1.29, 1.82) is 0 Å². The number of sulfone groups is 1. The van der Waals surface area contributed by atoms with Crippen molar-refractivity contribution in [2.45, 2.75) is 4.90 Å². The van der Waals surface area contributed by atoms with Gasteiger partial charge in [0.15, 0.2) is 9.84 Å². The predicted molar refractivity (Wildman–Crippen MR) is 80.7 cm³/mol. The molecule has 2 aromatic rings. The van der Waals surface area contributed by atoms with Crippen LogP contribution in [0.2, 0.25) is 0 Å². The molecule has 0 heterocycles. The highest BCUT2D eigenvalue weighted by atomic mass is 79.9. The van der Waals surface area contributed by atoms with Gasteiger partial charge in [0.05, 0.1) is 14.9 Å². The number of benzene rings is 2. The molecule has 0 amide bonds. The second-order valence-electron chi connectivity index (χ2n) is 4.30. The van der Waals surface area contributed by atoms with Crippen molar-refractivity contribution in [3.05, 3.63) is 52.5 Å². The highest BCUT2D eigenvalue weighted by molar-refractivity contribution is 9.10. The third-order valence-electron chi connectivity index (χ3n) is 2.66. The molecule has 0 saturated carbocycles. The summed E-state index contributed by atoms with van der Waals surface area (Å²) < 4.78 is 28.9. The first-order valence-corrected chi connectivity index (χ1v) is 8.46. The Balaban J connectivity index is 2.30. The Labute approximate surface area is 130 Å². The van der Waals surface area contributed by atoms with Crippen molar-refractivity contribution in [3.8, 4) is 11.5 Å². The van der Waals surface area contributed by atoms with Crippen molar-refractivity contribution in [2.75, 3.05) is 6.26 Å². The minimum absolute atomic E-state index is 0.0981. The molecule has 0 fully saturated rings. The van der Waals surface area contributed by atoms with Gasteiger partial charge in [-0.15, -0.1) is 0 Å². The van der Waals surface area contributed by atoms with Crippen LogP contribution in [0.3, 0.4) is 0 Å². The Bertz CT molecular complexity index is 782. The van der Waals surface area contributed by atoms with Crippen LogP contribution in [0, 0.1) is 0 Å². The molecule has 0 spiro atoms. The maximum atomic E-state index is 11.4. The average Bonchev–Trinajstić information content (AvgIpc) is 2.40. The van der Waals surface area contributed by atoms with Crippen LogP contribution >= 0.6 is 15.9 Å². The Morgan fingerprint density at radius 3 is 2.29 bits per heavy atom. The van der Waals surface area contributed by atoms with E-state index in [-0.39, 0.29) is 10.5 Å². The lowest BCUT2D eigenvalue weighted by Gasteiger charge is -2.09. The van der Waals surface area contributed by atoms with E-state index in [1.807, 2.05) is 0 Å². The standard InChI is InChI=1S/C14H11BrO5S/c1-21(18,19)11-5-3-10(4-6-11)20-13-8-9(14(16)17)2-7-12(13)15/h2-8H,1H3,(H,16,17). The first kappa shape index (κ1) is 15.5. The SMILES string of the molecule is CS(=O)(=O)c1ccc(Oc2cc(C(=O)O)ccc2Br)cc1. The lowest BCUT2D eigenvalue weighted by Crippen LogP contribution is -1.98. The van der Waals surface area contributed by atoms with Gasteiger partial charge in [-0.05, 0) is 58.4 Å². The maximum absolute atomic E-state index is 11.4. The first-order valence-electron chi connectivity index (χ1n) is 5.78. The number of carboxylic acids is 1. The molecule has 2 aromatic carbocycles. The van der Waals surface area contributed by atoms with E-state index >= 15 is 0 Å². The van der Waals surface area contributed by atoms with E-state index < -0.39 is 15.8 Å². The first-order chi connectivity index (χ1) is 9.77. The van der Waals surface area contributed by atoms with Crippen LogP contribution < -0.4 is 4.74 Å². The van der Waals surface area contributed by atoms with Crippen LogP contribution in [-0.4, -0.2) is 25.7 Å². The van der Waals surface area contributed by atoms with Gasteiger partial charge < -0.3 is 9.84 Å². The third kappa shape index (κ3) is 3.83. The maximum Gasteiger partial charge on any atom is 0.335 e. The predicted octanol–water partition coefficient (Wildman–Crippen LogP) is 3.34. The summed E-state index contributed by atoms with van der Waals surface area (Å²) in [5.41, 5.74) is 0.0981. The number of rotatable bonds is 4.